The summed E-state index contributed by atoms with van der Waals surface area (Å²) in [7, 11) is 0. The summed E-state index contributed by atoms with van der Waals surface area (Å²) in [5.74, 6) is -0.664. The second kappa shape index (κ2) is 3.89. The molecule has 0 heterocycles. The normalized spacial score (nSPS) is 10.0. The van der Waals surface area contributed by atoms with Crippen molar-refractivity contribution in [1.82, 2.24) is 0 Å². The van der Waals surface area contributed by atoms with Gasteiger partial charge >= 0.3 is 0 Å². The largest absolute Gasteiger partial charge is 0.275 e. The molecule has 0 unspecified atom stereocenters. The Bertz CT molecular complexity index is 340. The first kappa shape index (κ1) is 10.2. The van der Waals surface area contributed by atoms with Crippen molar-refractivity contribution in [3.05, 3.63) is 32.1 Å². The highest BCUT2D eigenvalue weighted by molar-refractivity contribution is 14.1. The van der Waals surface area contributed by atoms with Gasteiger partial charge in [0.2, 0.25) is 0 Å². The summed E-state index contributed by atoms with van der Waals surface area (Å²) in [4.78, 5) is 10.7. The van der Waals surface area contributed by atoms with E-state index in [0.717, 1.165) is 0 Å². The summed E-state index contributed by atoms with van der Waals surface area (Å²) in [5.41, 5.74) is -0.259. The van der Waals surface area contributed by atoms with E-state index in [9.17, 15) is 9.18 Å². The molecular weight excluding hydrogens is 317 g/mol. The smallest absolute Gasteiger partial charge is 0.256 e. The van der Waals surface area contributed by atoms with Crippen molar-refractivity contribution in [1.29, 1.82) is 0 Å². The first-order chi connectivity index (χ1) is 5.54. The van der Waals surface area contributed by atoms with Crippen LogP contribution < -0.4 is 0 Å². The number of halogens is 4. The molecule has 0 aromatic heterocycles. The average Bonchev–Trinajstić information content (AvgIpc) is 1.97. The Morgan fingerprint density at radius 3 is 2.50 bits per heavy atom. The van der Waals surface area contributed by atoms with Crippen molar-refractivity contribution in [2.45, 2.75) is 0 Å². The highest BCUT2D eigenvalue weighted by Gasteiger charge is 2.15. The molecule has 0 aliphatic carbocycles. The molecule has 64 valence electrons. The number of carbonyl (C=O) groups excluding carboxylic acids is 1. The fourth-order valence-corrected chi connectivity index (χ4v) is 1.62. The molecule has 1 rings (SSSR count). The quantitative estimate of drug-likeness (QED) is 0.440. The van der Waals surface area contributed by atoms with Crippen LogP contribution in [-0.4, -0.2) is 5.24 Å². The summed E-state index contributed by atoms with van der Waals surface area (Å²) in [6.07, 6.45) is 0. The number of hydrogen-bond donors (Lipinski definition) is 0. The second-order valence-corrected chi connectivity index (χ2v) is 3.90. The van der Waals surface area contributed by atoms with Crippen molar-refractivity contribution in [3.63, 3.8) is 0 Å². The number of carbonyl (C=O) groups is 1. The van der Waals surface area contributed by atoms with E-state index >= 15 is 0 Å². The molecule has 0 radical (unpaired) electrons. The second-order valence-electron chi connectivity index (χ2n) is 1.99. The van der Waals surface area contributed by atoms with Crippen LogP contribution in [0.5, 0.6) is 0 Å². The van der Waals surface area contributed by atoms with Gasteiger partial charge in [-0.3, -0.25) is 4.79 Å². The van der Waals surface area contributed by atoms with Gasteiger partial charge in [0, 0.05) is 3.57 Å². The van der Waals surface area contributed by atoms with Crippen molar-refractivity contribution in [2.24, 2.45) is 0 Å². The fraction of sp³-hybridized carbons (Fsp3) is 0. The maximum Gasteiger partial charge on any atom is 0.256 e. The van der Waals surface area contributed by atoms with Crippen molar-refractivity contribution in [2.75, 3.05) is 0 Å². The maximum absolute atomic E-state index is 13.1. The number of benzene rings is 1. The van der Waals surface area contributed by atoms with Crippen LogP contribution in [0.3, 0.4) is 0 Å². The van der Waals surface area contributed by atoms with Crippen molar-refractivity contribution < 1.29 is 9.18 Å². The third-order valence-corrected chi connectivity index (χ3v) is 2.58. The Hall–Kier alpha value is 0.130. The topological polar surface area (TPSA) is 17.1 Å². The van der Waals surface area contributed by atoms with Gasteiger partial charge in [0.15, 0.2) is 0 Å². The molecule has 0 N–H and O–H groups in total. The summed E-state index contributed by atoms with van der Waals surface area (Å²) in [6.45, 7) is 0. The molecule has 0 saturated carbocycles. The molecule has 0 spiro atoms. The summed E-state index contributed by atoms with van der Waals surface area (Å²) in [6, 6.07) is 2.91. The SMILES string of the molecule is O=C(Cl)c1c(Cl)ccc(I)c1F. The summed E-state index contributed by atoms with van der Waals surface area (Å²) < 4.78 is 13.4. The van der Waals surface area contributed by atoms with Crippen LogP contribution in [0.4, 0.5) is 4.39 Å². The van der Waals surface area contributed by atoms with Crippen LogP contribution in [0.1, 0.15) is 10.4 Å². The predicted molar refractivity (Wildman–Crippen MR) is 54.3 cm³/mol. The molecular formula is C7H2Cl2FIO. The van der Waals surface area contributed by atoms with Crippen LogP contribution in [0.15, 0.2) is 12.1 Å². The van der Waals surface area contributed by atoms with E-state index in [-0.39, 0.29) is 10.6 Å². The molecule has 1 aromatic carbocycles. The van der Waals surface area contributed by atoms with Crippen LogP contribution in [0, 0.1) is 9.39 Å². The van der Waals surface area contributed by atoms with E-state index in [1.165, 1.54) is 12.1 Å². The van der Waals surface area contributed by atoms with Gasteiger partial charge in [0.05, 0.1) is 10.6 Å². The highest BCUT2D eigenvalue weighted by atomic mass is 127. The lowest BCUT2D eigenvalue weighted by molar-refractivity contribution is 0.107. The van der Waals surface area contributed by atoms with E-state index in [2.05, 4.69) is 0 Å². The summed E-state index contributed by atoms with van der Waals surface area (Å²) in [5, 5.41) is -0.844. The molecule has 1 nitrogen and oxygen atoms in total. The fourth-order valence-electron chi connectivity index (χ4n) is 0.707. The molecule has 0 atom stereocenters. The summed E-state index contributed by atoms with van der Waals surface area (Å²) >= 11 is 12.4. The van der Waals surface area contributed by atoms with Gasteiger partial charge in [-0.15, -0.1) is 0 Å². The Balaban J connectivity index is 3.43. The monoisotopic (exact) mass is 318 g/mol. The molecule has 0 bridgehead atoms. The first-order valence-corrected chi connectivity index (χ1v) is 4.71. The van der Waals surface area contributed by atoms with Crippen LogP contribution in [0.25, 0.3) is 0 Å². The van der Waals surface area contributed by atoms with E-state index in [1.807, 2.05) is 0 Å². The lowest BCUT2D eigenvalue weighted by atomic mass is 10.2. The zero-order valence-corrected chi connectivity index (χ0v) is 9.24. The Morgan fingerprint density at radius 2 is 2.08 bits per heavy atom. The first-order valence-electron chi connectivity index (χ1n) is 2.87. The van der Waals surface area contributed by atoms with Crippen LogP contribution in [-0.2, 0) is 0 Å². The number of rotatable bonds is 1. The molecule has 0 aliphatic heterocycles. The third kappa shape index (κ3) is 1.89. The van der Waals surface area contributed by atoms with Gasteiger partial charge < -0.3 is 0 Å². The van der Waals surface area contributed by atoms with Gasteiger partial charge in [-0.1, -0.05) is 11.6 Å². The molecule has 12 heavy (non-hydrogen) atoms. The van der Waals surface area contributed by atoms with Gasteiger partial charge in [-0.2, -0.15) is 0 Å². The van der Waals surface area contributed by atoms with Gasteiger partial charge in [0.25, 0.3) is 5.24 Å². The Morgan fingerprint density at radius 1 is 1.50 bits per heavy atom. The van der Waals surface area contributed by atoms with Crippen LogP contribution >= 0.6 is 45.8 Å². The van der Waals surface area contributed by atoms with Gasteiger partial charge in [-0.05, 0) is 46.3 Å². The van der Waals surface area contributed by atoms with Gasteiger partial charge in [0.1, 0.15) is 5.82 Å². The standard InChI is InChI=1S/C7H2Cl2FIO/c8-3-1-2-4(11)6(10)5(3)7(9)12/h1-2H. The minimum atomic E-state index is -0.879. The third-order valence-electron chi connectivity index (χ3n) is 1.24. The van der Waals surface area contributed by atoms with Crippen molar-refractivity contribution >= 4 is 51.0 Å². The van der Waals surface area contributed by atoms with Gasteiger partial charge in [-0.25, -0.2) is 4.39 Å². The molecule has 0 aliphatic rings. The Kier molecular flexibility index (Phi) is 3.31. The molecule has 1 aromatic rings. The van der Waals surface area contributed by atoms with E-state index < -0.39 is 11.1 Å². The van der Waals surface area contributed by atoms with E-state index in [4.69, 9.17) is 23.2 Å². The predicted octanol–water partition coefficient (Wildman–Crippen LogP) is 3.46. The highest BCUT2D eigenvalue weighted by Crippen LogP contribution is 2.24. The number of hydrogen-bond acceptors (Lipinski definition) is 1. The zero-order valence-electron chi connectivity index (χ0n) is 5.57. The van der Waals surface area contributed by atoms with Crippen LogP contribution in [0.2, 0.25) is 5.02 Å². The van der Waals surface area contributed by atoms with E-state index in [0.29, 0.717) is 3.57 Å². The molecule has 0 amide bonds. The maximum atomic E-state index is 13.1. The van der Waals surface area contributed by atoms with E-state index in [1.54, 1.807) is 22.6 Å². The Labute approximate surface area is 92.0 Å². The lowest BCUT2D eigenvalue weighted by Crippen LogP contribution is -1.97. The average molecular weight is 319 g/mol. The minimum Gasteiger partial charge on any atom is -0.275 e. The molecule has 0 fully saturated rings. The lowest BCUT2D eigenvalue weighted by Gasteiger charge is -2.01. The minimum absolute atomic E-state index is 0.0351. The van der Waals surface area contributed by atoms with Crippen molar-refractivity contribution in [3.8, 4) is 0 Å². The molecule has 5 heteroatoms. The zero-order chi connectivity index (χ0) is 9.30. The molecule has 0 saturated heterocycles.